The summed E-state index contributed by atoms with van der Waals surface area (Å²) in [7, 11) is 0. The Morgan fingerprint density at radius 2 is 2.03 bits per heavy atom. The van der Waals surface area contributed by atoms with E-state index in [4.69, 9.17) is 10.5 Å². The van der Waals surface area contributed by atoms with Crippen LogP contribution in [0.15, 0.2) is 36.5 Å². The van der Waals surface area contributed by atoms with Crippen molar-refractivity contribution in [3.05, 3.63) is 65.0 Å². The van der Waals surface area contributed by atoms with Crippen molar-refractivity contribution >= 4 is 17.3 Å². The number of carbonyl (C=O) groups excluding carboxylic acids is 2. The Bertz CT molecular complexity index is 1130. The lowest BCUT2D eigenvalue weighted by Gasteiger charge is -2.24. The maximum absolute atomic E-state index is 13.8. The Hall–Kier alpha value is -3.53. The molecule has 4 N–H and O–H groups in total. The number of ether oxygens (including phenoxy) is 1. The number of pyridine rings is 1. The predicted molar refractivity (Wildman–Crippen MR) is 103 cm³/mol. The predicted octanol–water partition coefficient (Wildman–Crippen LogP) is 1.47. The average Bonchev–Trinajstić information content (AvgIpc) is 3.03. The molecule has 1 aromatic carbocycles. The number of rotatable bonds is 7. The van der Waals surface area contributed by atoms with Crippen LogP contribution < -0.4 is 15.8 Å². The quantitative estimate of drug-likeness (QED) is 0.537. The zero-order valence-electron chi connectivity index (χ0n) is 16.3. The molecule has 2 aromatic heterocycles. The minimum atomic E-state index is -1.65. The Morgan fingerprint density at radius 1 is 1.30 bits per heavy atom. The zero-order valence-corrected chi connectivity index (χ0v) is 16.3. The second-order valence-electron chi connectivity index (χ2n) is 6.99. The van der Waals surface area contributed by atoms with E-state index >= 15 is 0 Å². The molecule has 0 saturated carbocycles. The minimum absolute atomic E-state index is 0.0395. The summed E-state index contributed by atoms with van der Waals surface area (Å²) in [6.45, 7) is 2.00. The molecule has 1 unspecified atom stereocenters. The number of nitrogens with two attached hydrogens (primary N) is 1. The van der Waals surface area contributed by atoms with Gasteiger partial charge in [-0.3, -0.25) is 9.59 Å². The van der Waals surface area contributed by atoms with Crippen LogP contribution in [0.4, 0.5) is 8.78 Å². The molecule has 0 fully saturated rings. The first-order valence-corrected chi connectivity index (χ1v) is 8.93. The largest absolute Gasteiger partial charge is 0.489 e. The van der Waals surface area contributed by atoms with Crippen LogP contribution in [0, 0.1) is 18.6 Å². The topological polar surface area (TPSA) is 119 Å². The summed E-state index contributed by atoms with van der Waals surface area (Å²) < 4.78 is 34.1. The summed E-state index contributed by atoms with van der Waals surface area (Å²) in [5.41, 5.74) is 4.52. The number of amides is 2. The van der Waals surface area contributed by atoms with Gasteiger partial charge in [-0.05, 0) is 38.1 Å². The van der Waals surface area contributed by atoms with Gasteiger partial charge in [0.25, 0.3) is 5.91 Å². The Kier molecular flexibility index (Phi) is 5.70. The van der Waals surface area contributed by atoms with Gasteiger partial charge in [0.2, 0.25) is 5.91 Å². The number of hydrogen-bond acceptors (Lipinski definition) is 5. The van der Waals surface area contributed by atoms with E-state index in [9.17, 15) is 23.5 Å². The number of hydrogen-bond donors (Lipinski definition) is 3. The third-order valence-corrected chi connectivity index (χ3v) is 4.66. The molecule has 158 valence electrons. The van der Waals surface area contributed by atoms with Gasteiger partial charge < -0.3 is 20.9 Å². The molecule has 0 saturated heterocycles. The van der Waals surface area contributed by atoms with Crippen molar-refractivity contribution in [1.82, 2.24) is 14.9 Å². The van der Waals surface area contributed by atoms with Gasteiger partial charge in [-0.25, -0.2) is 13.3 Å². The molecule has 8 nitrogen and oxygen atoms in total. The highest BCUT2D eigenvalue weighted by Gasteiger charge is 2.33. The summed E-state index contributed by atoms with van der Waals surface area (Å²) in [4.78, 5) is 24.4. The van der Waals surface area contributed by atoms with E-state index in [1.807, 2.05) is 0 Å². The van der Waals surface area contributed by atoms with Crippen molar-refractivity contribution in [2.75, 3.05) is 6.61 Å². The van der Waals surface area contributed by atoms with Gasteiger partial charge in [-0.2, -0.15) is 5.10 Å². The minimum Gasteiger partial charge on any atom is -0.489 e. The molecule has 10 heteroatoms. The van der Waals surface area contributed by atoms with E-state index in [-0.39, 0.29) is 17.7 Å². The number of aliphatic hydroxyl groups is 1. The highest BCUT2D eigenvalue weighted by atomic mass is 19.1. The lowest BCUT2D eigenvalue weighted by atomic mass is 10.0. The third kappa shape index (κ3) is 4.08. The van der Waals surface area contributed by atoms with E-state index in [0.29, 0.717) is 17.0 Å². The van der Waals surface area contributed by atoms with Gasteiger partial charge in [0, 0.05) is 17.8 Å². The molecule has 2 amide bonds. The van der Waals surface area contributed by atoms with Crippen LogP contribution in [-0.4, -0.2) is 38.7 Å². The van der Waals surface area contributed by atoms with Crippen molar-refractivity contribution in [1.29, 1.82) is 0 Å². The number of aromatic nitrogens is 2. The number of nitrogens with zero attached hydrogens (tertiary/aromatic N) is 2. The molecular formula is C20H20F2N4O4. The molecule has 0 bridgehead atoms. The summed E-state index contributed by atoms with van der Waals surface area (Å²) in [6.07, 6.45) is 1.54. The van der Waals surface area contributed by atoms with E-state index in [1.54, 1.807) is 13.0 Å². The van der Waals surface area contributed by atoms with E-state index in [1.165, 1.54) is 23.7 Å². The van der Waals surface area contributed by atoms with Gasteiger partial charge in [-0.1, -0.05) is 0 Å². The van der Waals surface area contributed by atoms with Crippen LogP contribution in [-0.2, 0) is 11.4 Å². The number of aliphatic hydroxyl groups excluding tert-OH is 1. The maximum Gasteiger partial charge on any atom is 0.256 e. The number of halogens is 2. The highest BCUT2D eigenvalue weighted by molar-refractivity contribution is 6.04. The van der Waals surface area contributed by atoms with E-state index in [0.717, 1.165) is 18.2 Å². The van der Waals surface area contributed by atoms with Crippen molar-refractivity contribution in [3.63, 3.8) is 0 Å². The second kappa shape index (κ2) is 8.07. The molecule has 0 aliphatic carbocycles. The van der Waals surface area contributed by atoms with E-state index in [2.05, 4.69) is 10.4 Å². The molecule has 3 rings (SSSR count). The smallest absolute Gasteiger partial charge is 0.256 e. The molecule has 3 aromatic rings. The van der Waals surface area contributed by atoms with Gasteiger partial charge in [0.1, 0.15) is 29.5 Å². The monoisotopic (exact) mass is 418 g/mol. The molecule has 0 aliphatic heterocycles. The van der Waals surface area contributed by atoms with Crippen LogP contribution in [0.5, 0.6) is 5.75 Å². The van der Waals surface area contributed by atoms with Gasteiger partial charge in [0.05, 0.1) is 23.4 Å². The lowest BCUT2D eigenvalue weighted by molar-refractivity contribution is -0.124. The number of nitrogens with one attached hydrogen (secondary N) is 1. The van der Waals surface area contributed by atoms with Crippen LogP contribution in [0.2, 0.25) is 0 Å². The fourth-order valence-corrected chi connectivity index (χ4v) is 2.82. The maximum atomic E-state index is 13.8. The molecule has 0 aliphatic rings. The summed E-state index contributed by atoms with van der Waals surface area (Å²) in [6, 6.07) is 6.12. The van der Waals surface area contributed by atoms with Gasteiger partial charge >= 0.3 is 0 Å². The first-order chi connectivity index (χ1) is 14.1. The van der Waals surface area contributed by atoms with Crippen molar-refractivity contribution in [3.8, 4) is 5.75 Å². The molecule has 30 heavy (non-hydrogen) atoms. The van der Waals surface area contributed by atoms with Gasteiger partial charge in [0.15, 0.2) is 0 Å². The van der Waals surface area contributed by atoms with Crippen molar-refractivity contribution < 1.29 is 28.2 Å². The molecule has 0 spiro atoms. The highest BCUT2D eigenvalue weighted by Crippen LogP contribution is 2.23. The standard InChI is InChI=1S/C20H20F2N4O4/c1-11-17(18(28)24-20(2,10-27)19(23)29)16-8-14(5-6-26(16)25-11)30-9-12-7-13(21)3-4-15(12)22/h3-8,27H,9-10H2,1-2H3,(H2,23,29)(H,24,28). The average molecular weight is 418 g/mol. The van der Waals surface area contributed by atoms with Crippen LogP contribution in [0.1, 0.15) is 28.5 Å². The number of benzene rings is 1. The van der Waals surface area contributed by atoms with Crippen molar-refractivity contribution in [2.45, 2.75) is 26.0 Å². The van der Waals surface area contributed by atoms with Crippen LogP contribution in [0.3, 0.4) is 0 Å². The molecule has 2 heterocycles. The van der Waals surface area contributed by atoms with Gasteiger partial charge in [-0.15, -0.1) is 0 Å². The summed E-state index contributed by atoms with van der Waals surface area (Å²) in [5.74, 6) is -2.45. The molecular weight excluding hydrogens is 398 g/mol. The Morgan fingerprint density at radius 3 is 2.70 bits per heavy atom. The number of fused-ring (bicyclic) bond motifs is 1. The number of primary amides is 1. The Labute approximate surface area is 170 Å². The molecule has 0 radical (unpaired) electrons. The van der Waals surface area contributed by atoms with Crippen molar-refractivity contribution in [2.24, 2.45) is 5.73 Å². The first kappa shape index (κ1) is 21.2. The number of aryl methyl sites for hydroxylation is 1. The molecule has 1 atom stereocenters. The fraction of sp³-hybridized carbons (Fsp3) is 0.250. The van der Waals surface area contributed by atoms with Crippen LogP contribution in [0.25, 0.3) is 5.52 Å². The zero-order chi connectivity index (χ0) is 22.1. The summed E-state index contributed by atoms with van der Waals surface area (Å²) in [5, 5.41) is 16.1. The normalized spacial score (nSPS) is 13.1. The SMILES string of the molecule is Cc1nn2ccc(OCc3cc(F)ccc3F)cc2c1C(=O)NC(C)(CO)C(N)=O. The first-order valence-electron chi connectivity index (χ1n) is 8.93. The van der Waals surface area contributed by atoms with E-state index < -0.39 is 35.6 Å². The summed E-state index contributed by atoms with van der Waals surface area (Å²) >= 11 is 0. The second-order valence-corrected chi connectivity index (χ2v) is 6.99. The number of carbonyl (C=O) groups is 2. The van der Waals surface area contributed by atoms with Crippen LogP contribution >= 0.6 is 0 Å². The Balaban J connectivity index is 1.90. The lowest BCUT2D eigenvalue weighted by Crippen LogP contribution is -2.57. The fourth-order valence-electron chi connectivity index (χ4n) is 2.82. The third-order valence-electron chi connectivity index (χ3n) is 4.66.